The van der Waals surface area contributed by atoms with Crippen molar-refractivity contribution in [2.24, 2.45) is 0 Å². The van der Waals surface area contributed by atoms with Crippen LogP contribution in [0.2, 0.25) is 10.0 Å². The van der Waals surface area contributed by atoms with Gasteiger partial charge in [0.05, 0.1) is 9.92 Å². The Balaban J connectivity index is 2.28. The number of rotatable bonds is 4. The lowest BCUT2D eigenvalue weighted by Crippen LogP contribution is -2.26. The Morgan fingerprint density at radius 3 is 2.48 bits per heavy atom. The molecule has 0 radical (unpaired) electrons. The Labute approximate surface area is 133 Å². The molecule has 2 aromatic carbocycles. The van der Waals surface area contributed by atoms with E-state index in [4.69, 9.17) is 23.2 Å². The van der Waals surface area contributed by atoms with E-state index in [9.17, 15) is 12.8 Å². The molecule has 3 nitrogen and oxygen atoms in total. The summed E-state index contributed by atoms with van der Waals surface area (Å²) < 4.78 is 39.1. The summed E-state index contributed by atoms with van der Waals surface area (Å²) in [7, 11) is -2.31. The van der Waals surface area contributed by atoms with Crippen LogP contribution in [0.15, 0.2) is 47.4 Å². The van der Waals surface area contributed by atoms with E-state index in [-0.39, 0.29) is 16.5 Å². The number of nitrogens with zero attached hydrogens (tertiary/aromatic N) is 1. The van der Waals surface area contributed by atoms with Gasteiger partial charge in [-0.25, -0.2) is 12.8 Å². The van der Waals surface area contributed by atoms with Crippen LogP contribution in [0.25, 0.3) is 0 Å². The molecule has 2 rings (SSSR count). The van der Waals surface area contributed by atoms with Crippen molar-refractivity contribution in [2.75, 3.05) is 7.05 Å². The zero-order valence-corrected chi connectivity index (χ0v) is 13.4. The van der Waals surface area contributed by atoms with Gasteiger partial charge in [-0.2, -0.15) is 4.31 Å². The molecule has 0 saturated heterocycles. The van der Waals surface area contributed by atoms with Gasteiger partial charge >= 0.3 is 0 Å². The van der Waals surface area contributed by atoms with E-state index in [1.165, 1.54) is 13.1 Å². The Bertz CT molecular complexity index is 765. The van der Waals surface area contributed by atoms with Crippen molar-refractivity contribution in [3.8, 4) is 0 Å². The normalized spacial score (nSPS) is 11.9. The summed E-state index contributed by atoms with van der Waals surface area (Å²) in [4.78, 5) is -0.0570. The molecule has 0 saturated carbocycles. The summed E-state index contributed by atoms with van der Waals surface area (Å²) >= 11 is 11.5. The molecular weight excluding hydrogens is 336 g/mol. The summed E-state index contributed by atoms with van der Waals surface area (Å²) in [5.74, 6) is -0.659. The highest BCUT2D eigenvalue weighted by Gasteiger charge is 2.22. The van der Waals surface area contributed by atoms with Gasteiger partial charge in [0.15, 0.2) is 0 Å². The first-order chi connectivity index (χ1) is 9.80. The van der Waals surface area contributed by atoms with E-state index >= 15 is 0 Å². The summed E-state index contributed by atoms with van der Waals surface area (Å²) in [6.45, 7) is 0.151. The van der Waals surface area contributed by atoms with Crippen LogP contribution in [0.1, 0.15) is 5.56 Å². The SMILES string of the molecule is CN(Cc1cccc(Cl)c1)S(=O)(=O)c1ccc(F)c(Cl)c1. The van der Waals surface area contributed by atoms with Gasteiger partial charge in [0.2, 0.25) is 10.0 Å². The zero-order valence-electron chi connectivity index (χ0n) is 11.1. The molecule has 0 atom stereocenters. The summed E-state index contributed by atoms with van der Waals surface area (Å²) in [5.41, 5.74) is 0.752. The molecule has 112 valence electrons. The van der Waals surface area contributed by atoms with Crippen LogP contribution in [-0.4, -0.2) is 19.8 Å². The predicted molar refractivity (Wildman–Crippen MR) is 81.5 cm³/mol. The van der Waals surface area contributed by atoms with Crippen molar-refractivity contribution in [1.29, 1.82) is 0 Å². The van der Waals surface area contributed by atoms with Gasteiger partial charge in [-0.05, 0) is 35.9 Å². The number of hydrogen-bond acceptors (Lipinski definition) is 2. The van der Waals surface area contributed by atoms with Crippen molar-refractivity contribution in [3.63, 3.8) is 0 Å². The van der Waals surface area contributed by atoms with Crippen LogP contribution in [0.3, 0.4) is 0 Å². The highest BCUT2D eigenvalue weighted by Crippen LogP contribution is 2.23. The van der Waals surface area contributed by atoms with E-state index in [1.54, 1.807) is 24.3 Å². The van der Waals surface area contributed by atoms with Crippen LogP contribution in [0.5, 0.6) is 0 Å². The Kier molecular flexibility index (Phi) is 4.88. The monoisotopic (exact) mass is 347 g/mol. The quantitative estimate of drug-likeness (QED) is 0.839. The average molecular weight is 348 g/mol. The van der Waals surface area contributed by atoms with Gasteiger partial charge in [-0.3, -0.25) is 0 Å². The fourth-order valence-electron chi connectivity index (χ4n) is 1.79. The second-order valence-electron chi connectivity index (χ2n) is 4.47. The lowest BCUT2D eigenvalue weighted by molar-refractivity contribution is 0.466. The van der Waals surface area contributed by atoms with Crippen molar-refractivity contribution in [3.05, 3.63) is 63.9 Å². The maximum absolute atomic E-state index is 13.1. The third kappa shape index (κ3) is 3.74. The minimum absolute atomic E-state index is 0.0570. The second kappa shape index (κ2) is 6.32. The molecule has 0 aromatic heterocycles. The molecule has 2 aromatic rings. The number of sulfonamides is 1. The largest absolute Gasteiger partial charge is 0.243 e. The molecule has 0 N–H and O–H groups in total. The van der Waals surface area contributed by atoms with E-state index in [0.29, 0.717) is 5.02 Å². The average Bonchev–Trinajstić information content (AvgIpc) is 2.41. The molecule has 7 heteroatoms. The highest BCUT2D eigenvalue weighted by atomic mass is 35.5. The first-order valence-corrected chi connectivity index (χ1v) is 8.16. The standard InChI is InChI=1S/C14H12Cl2FNO2S/c1-18(9-10-3-2-4-11(15)7-10)21(19,20)12-5-6-14(17)13(16)8-12/h2-8H,9H2,1H3. The molecular formula is C14H12Cl2FNO2S. The summed E-state index contributed by atoms with van der Waals surface area (Å²) in [5, 5.41) is 0.301. The van der Waals surface area contributed by atoms with Crippen LogP contribution >= 0.6 is 23.2 Å². The lowest BCUT2D eigenvalue weighted by Gasteiger charge is -2.17. The van der Waals surface area contributed by atoms with Crippen LogP contribution in [0, 0.1) is 5.82 Å². The molecule has 0 aliphatic carbocycles. The molecule has 0 unspecified atom stereocenters. The van der Waals surface area contributed by atoms with E-state index in [0.717, 1.165) is 22.0 Å². The maximum Gasteiger partial charge on any atom is 0.243 e. The van der Waals surface area contributed by atoms with Gasteiger partial charge in [0.1, 0.15) is 5.82 Å². The van der Waals surface area contributed by atoms with Gasteiger partial charge in [0.25, 0.3) is 0 Å². The Hall–Kier alpha value is -1.14. The van der Waals surface area contributed by atoms with Crippen LogP contribution in [-0.2, 0) is 16.6 Å². The fourth-order valence-corrected chi connectivity index (χ4v) is 3.44. The van der Waals surface area contributed by atoms with Crippen molar-refractivity contribution >= 4 is 33.2 Å². The van der Waals surface area contributed by atoms with Gasteiger partial charge in [0, 0.05) is 18.6 Å². The predicted octanol–water partition coefficient (Wildman–Crippen LogP) is 3.95. The minimum Gasteiger partial charge on any atom is -0.207 e. The van der Waals surface area contributed by atoms with Gasteiger partial charge in [-0.15, -0.1) is 0 Å². The van der Waals surface area contributed by atoms with Gasteiger partial charge in [-0.1, -0.05) is 35.3 Å². The van der Waals surface area contributed by atoms with E-state index < -0.39 is 15.8 Å². The van der Waals surface area contributed by atoms with Crippen LogP contribution in [0.4, 0.5) is 4.39 Å². The third-order valence-electron chi connectivity index (χ3n) is 2.89. The molecule has 0 fully saturated rings. The smallest absolute Gasteiger partial charge is 0.207 e. The first kappa shape index (κ1) is 16.2. The Morgan fingerprint density at radius 1 is 1.14 bits per heavy atom. The van der Waals surface area contributed by atoms with Crippen molar-refractivity contribution < 1.29 is 12.8 Å². The number of benzene rings is 2. The summed E-state index contributed by atoms with van der Waals surface area (Å²) in [6, 6.07) is 10.2. The first-order valence-electron chi connectivity index (χ1n) is 5.96. The maximum atomic E-state index is 13.1. The fraction of sp³-hybridized carbons (Fsp3) is 0.143. The lowest BCUT2D eigenvalue weighted by atomic mass is 10.2. The highest BCUT2D eigenvalue weighted by molar-refractivity contribution is 7.89. The number of hydrogen-bond donors (Lipinski definition) is 0. The van der Waals surface area contributed by atoms with Crippen molar-refractivity contribution in [1.82, 2.24) is 4.31 Å². The van der Waals surface area contributed by atoms with Crippen molar-refractivity contribution in [2.45, 2.75) is 11.4 Å². The van der Waals surface area contributed by atoms with Gasteiger partial charge < -0.3 is 0 Å². The molecule has 0 bridgehead atoms. The third-order valence-corrected chi connectivity index (χ3v) is 5.22. The van der Waals surface area contributed by atoms with Crippen LogP contribution < -0.4 is 0 Å². The second-order valence-corrected chi connectivity index (χ2v) is 7.36. The number of halogens is 3. The molecule has 0 spiro atoms. The Morgan fingerprint density at radius 2 is 1.86 bits per heavy atom. The summed E-state index contributed by atoms with van der Waals surface area (Å²) in [6.07, 6.45) is 0. The zero-order chi connectivity index (χ0) is 15.6. The van der Waals surface area contributed by atoms with E-state index in [2.05, 4.69) is 0 Å². The topological polar surface area (TPSA) is 37.4 Å². The molecule has 0 aliphatic heterocycles. The van der Waals surface area contributed by atoms with E-state index in [1.807, 2.05) is 0 Å². The minimum atomic E-state index is -3.75. The molecule has 0 aliphatic rings. The molecule has 21 heavy (non-hydrogen) atoms. The molecule has 0 heterocycles. The molecule has 0 amide bonds.